The minimum atomic E-state index is -0.646. The lowest BCUT2D eigenvalue weighted by atomic mass is 10.1. The van der Waals surface area contributed by atoms with Gasteiger partial charge in [-0.25, -0.2) is 4.79 Å². The lowest BCUT2D eigenvalue weighted by Crippen LogP contribution is -2.11. The van der Waals surface area contributed by atoms with Crippen LogP contribution in [0.5, 0.6) is 5.75 Å². The summed E-state index contributed by atoms with van der Waals surface area (Å²) in [6.07, 6.45) is 0. The first-order chi connectivity index (χ1) is 13.1. The Labute approximate surface area is 157 Å². The Bertz CT molecular complexity index is 794. The maximum Gasteiger partial charge on any atom is 0.338 e. The molecule has 0 aromatic heterocycles. The molecule has 0 aliphatic rings. The van der Waals surface area contributed by atoms with E-state index in [2.05, 4.69) is 5.32 Å². The van der Waals surface area contributed by atoms with Crippen LogP contribution in [-0.2, 0) is 16.1 Å². The smallest absolute Gasteiger partial charge is 0.338 e. The molecule has 0 spiro atoms. The molecule has 2 aromatic rings. The number of nitro benzene ring substituents is 1. The Kier molecular flexibility index (Phi) is 7.57. The highest BCUT2D eigenvalue weighted by Crippen LogP contribution is 2.26. The quantitative estimate of drug-likeness (QED) is 0.294. The fourth-order valence-corrected chi connectivity index (χ4v) is 2.39. The molecule has 27 heavy (non-hydrogen) atoms. The van der Waals surface area contributed by atoms with Crippen molar-refractivity contribution in [2.75, 3.05) is 32.2 Å². The topological polar surface area (TPSA) is 99.9 Å². The van der Waals surface area contributed by atoms with Crippen molar-refractivity contribution in [1.82, 2.24) is 0 Å². The Hall–Kier alpha value is -3.13. The highest BCUT2D eigenvalue weighted by molar-refractivity contribution is 5.91. The summed E-state index contributed by atoms with van der Waals surface area (Å²) in [5.74, 6) is -0.00989. The first-order valence-electron chi connectivity index (χ1n) is 8.45. The monoisotopic (exact) mass is 374 g/mol. The maximum atomic E-state index is 12.3. The molecule has 0 bridgehead atoms. The minimum absolute atomic E-state index is 0.0106. The second kappa shape index (κ2) is 10.1. The van der Waals surface area contributed by atoms with Gasteiger partial charge in [-0.3, -0.25) is 10.1 Å². The molecule has 0 aliphatic carbocycles. The van der Waals surface area contributed by atoms with Gasteiger partial charge in [-0.15, -0.1) is 0 Å². The standard InChI is InChI=1S/C19H22N2O6/c1-3-26-18-7-5-4-6-15(18)13-27-19(22)14-8-9-16(20-10-11-25-2)17(12-14)21(23)24/h4-9,12,20H,3,10-11,13H2,1-2H3. The Morgan fingerprint density at radius 1 is 1.22 bits per heavy atom. The van der Waals surface area contributed by atoms with E-state index in [1.54, 1.807) is 19.2 Å². The number of carbonyl (C=O) groups excluding carboxylic acids is 1. The third-order valence-electron chi connectivity index (χ3n) is 3.68. The second-order valence-electron chi connectivity index (χ2n) is 5.53. The van der Waals surface area contributed by atoms with Crippen LogP contribution in [-0.4, -0.2) is 37.8 Å². The van der Waals surface area contributed by atoms with E-state index in [0.29, 0.717) is 31.2 Å². The fourth-order valence-electron chi connectivity index (χ4n) is 2.39. The van der Waals surface area contributed by atoms with Gasteiger partial charge in [0.1, 0.15) is 18.0 Å². The first kappa shape index (κ1) is 20.2. The van der Waals surface area contributed by atoms with Gasteiger partial charge in [0.25, 0.3) is 5.69 Å². The molecule has 2 aromatic carbocycles. The summed E-state index contributed by atoms with van der Waals surface area (Å²) in [5.41, 5.74) is 0.943. The van der Waals surface area contributed by atoms with E-state index in [-0.39, 0.29) is 17.9 Å². The Morgan fingerprint density at radius 3 is 2.70 bits per heavy atom. The lowest BCUT2D eigenvalue weighted by Gasteiger charge is -2.11. The zero-order valence-electron chi connectivity index (χ0n) is 15.3. The molecular weight excluding hydrogens is 352 g/mol. The van der Waals surface area contributed by atoms with Crippen LogP contribution in [0.4, 0.5) is 11.4 Å². The SMILES string of the molecule is CCOc1ccccc1COC(=O)c1ccc(NCCOC)c([N+](=O)[O-])c1. The normalized spacial score (nSPS) is 10.3. The number of para-hydroxylation sites is 1. The number of nitro groups is 1. The van der Waals surface area contributed by atoms with Crippen LogP contribution < -0.4 is 10.1 Å². The fraction of sp³-hybridized carbons (Fsp3) is 0.316. The highest BCUT2D eigenvalue weighted by Gasteiger charge is 2.18. The molecule has 0 heterocycles. The number of esters is 1. The van der Waals surface area contributed by atoms with Gasteiger partial charge in [-0.1, -0.05) is 18.2 Å². The summed E-state index contributed by atoms with van der Waals surface area (Å²) in [7, 11) is 1.54. The summed E-state index contributed by atoms with van der Waals surface area (Å²) < 4.78 is 15.7. The number of rotatable bonds is 10. The second-order valence-corrected chi connectivity index (χ2v) is 5.53. The summed E-state index contributed by atoms with van der Waals surface area (Å²) in [6, 6.07) is 11.4. The Balaban J connectivity index is 2.10. The molecule has 0 amide bonds. The number of carbonyl (C=O) groups is 1. The first-order valence-corrected chi connectivity index (χ1v) is 8.45. The van der Waals surface area contributed by atoms with Gasteiger partial charge < -0.3 is 19.5 Å². The number of methoxy groups -OCH3 is 1. The number of hydrogen-bond acceptors (Lipinski definition) is 7. The van der Waals surface area contributed by atoms with Gasteiger partial charge in [0.15, 0.2) is 0 Å². The molecule has 8 heteroatoms. The molecule has 0 atom stereocenters. The largest absolute Gasteiger partial charge is 0.493 e. The van der Waals surface area contributed by atoms with Crippen LogP contribution in [0.3, 0.4) is 0 Å². The molecule has 144 valence electrons. The maximum absolute atomic E-state index is 12.3. The number of ether oxygens (including phenoxy) is 3. The number of nitrogens with one attached hydrogen (secondary N) is 1. The van der Waals surface area contributed by atoms with E-state index >= 15 is 0 Å². The number of anilines is 1. The van der Waals surface area contributed by atoms with E-state index < -0.39 is 10.9 Å². The summed E-state index contributed by atoms with van der Waals surface area (Å²) >= 11 is 0. The third-order valence-corrected chi connectivity index (χ3v) is 3.68. The Morgan fingerprint density at radius 2 is 2.00 bits per heavy atom. The molecule has 8 nitrogen and oxygen atoms in total. The zero-order valence-corrected chi connectivity index (χ0v) is 15.3. The van der Waals surface area contributed by atoms with Crippen molar-refractivity contribution in [2.45, 2.75) is 13.5 Å². The van der Waals surface area contributed by atoms with Crippen molar-refractivity contribution in [3.63, 3.8) is 0 Å². The minimum Gasteiger partial charge on any atom is -0.493 e. The van der Waals surface area contributed by atoms with Crippen LogP contribution in [0, 0.1) is 10.1 Å². The average molecular weight is 374 g/mol. The predicted octanol–water partition coefficient (Wildman–Crippen LogP) is 3.41. The van der Waals surface area contributed by atoms with E-state index in [4.69, 9.17) is 14.2 Å². The van der Waals surface area contributed by atoms with Gasteiger partial charge in [0.2, 0.25) is 0 Å². The van der Waals surface area contributed by atoms with Crippen LogP contribution in [0.25, 0.3) is 0 Å². The lowest BCUT2D eigenvalue weighted by molar-refractivity contribution is -0.384. The van der Waals surface area contributed by atoms with E-state index in [1.807, 2.05) is 19.1 Å². The molecule has 0 saturated heterocycles. The third kappa shape index (κ3) is 5.68. The molecule has 2 rings (SSSR count). The van der Waals surface area contributed by atoms with Gasteiger partial charge in [0.05, 0.1) is 23.7 Å². The number of nitrogens with zero attached hydrogens (tertiary/aromatic N) is 1. The van der Waals surface area contributed by atoms with Crippen molar-refractivity contribution in [1.29, 1.82) is 0 Å². The van der Waals surface area contributed by atoms with Crippen molar-refractivity contribution in [3.05, 3.63) is 63.7 Å². The average Bonchev–Trinajstić information content (AvgIpc) is 2.67. The van der Waals surface area contributed by atoms with Gasteiger partial charge in [-0.05, 0) is 25.1 Å². The molecule has 0 aliphatic heterocycles. The molecule has 0 unspecified atom stereocenters. The van der Waals surface area contributed by atoms with Gasteiger partial charge >= 0.3 is 5.97 Å². The number of hydrogen-bond donors (Lipinski definition) is 1. The van der Waals surface area contributed by atoms with Crippen molar-refractivity contribution in [2.24, 2.45) is 0 Å². The van der Waals surface area contributed by atoms with E-state index in [9.17, 15) is 14.9 Å². The number of benzene rings is 2. The summed E-state index contributed by atoms with van der Waals surface area (Å²) in [4.78, 5) is 23.1. The van der Waals surface area contributed by atoms with Crippen LogP contribution in [0.2, 0.25) is 0 Å². The van der Waals surface area contributed by atoms with Crippen LogP contribution >= 0.6 is 0 Å². The van der Waals surface area contributed by atoms with Crippen molar-refractivity contribution in [3.8, 4) is 5.75 Å². The van der Waals surface area contributed by atoms with Crippen molar-refractivity contribution < 1.29 is 23.9 Å². The van der Waals surface area contributed by atoms with Gasteiger partial charge in [-0.2, -0.15) is 0 Å². The molecular formula is C19H22N2O6. The van der Waals surface area contributed by atoms with Crippen LogP contribution in [0.15, 0.2) is 42.5 Å². The van der Waals surface area contributed by atoms with Gasteiger partial charge in [0, 0.05) is 25.3 Å². The summed E-state index contributed by atoms with van der Waals surface area (Å²) in [5, 5.41) is 14.2. The van der Waals surface area contributed by atoms with Crippen LogP contribution in [0.1, 0.15) is 22.8 Å². The zero-order chi connectivity index (χ0) is 19.6. The predicted molar refractivity (Wildman–Crippen MR) is 100 cm³/mol. The molecule has 0 radical (unpaired) electrons. The van der Waals surface area contributed by atoms with E-state index in [1.165, 1.54) is 18.2 Å². The molecule has 0 fully saturated rings. The molecule has 1 N–H and O–H groups in total. The summed E-state index contributed by atoms with van der Waals surface area (Å²) in [6.45, 7) is 3.19. The molecule has 0 saturated carbocycles. The van der Waals surface area contributed by atoms with Crippen molar-refractivity contribution >= 4 is 17.3 Å². The highest BCUT2D eigenvalue weighted by atomic mass is 16.6. The van der Waals surface area contributed by atoms with E-state index in [0.717, 1.165) is 5.56 Å².